The maximum absolute atomic E-state index is 11.6. The molecule has 0 fully saturated rings. The van der Waals surface area contributed by atoms with E-state index in [0.29, 0.717) is 17.8 Å². The molecule has 2 N–H and O–H groups in total. The fraction of sp³-hybridized carbons (Fsp3) is 0.267. The number of esters is 1. The number of methoxy groups -OCH3 is 1. The monoisotopic (exact) mass is 274 g/mol. The molecule has 0 amide bonds. The Morgan fingerprint density at radius 2 is 2.10 bits per heavy atom. The van der Waals surface area contributed by atoms with Crippen LogP contribution < -0.4 is 10.6 Å². The van der Waals surface area contributed by atoms with Gasteiger partial charge in [0.1, 0.15) is 11.5 Å². The van der Waals surface area contributed by atoms with Crippen LogP contribution in [-0.4, -0.2) is 20.1 Å². The van der Waals surface area contributed by atoms with Gasteiger partial charge in [0.05, 0.1) is 19.2 Å². The summed E-state index contributed by atoms with van der Waals surface area (Å²) in [6.07, 6.45) is 0. The zero-order valence-electron chi connectivity index (χ0n) is 11.8. The fourth-order valence-electron chi connectivity index (χ4n) is 1.96. The standard InChI is InChI=1S/C15H18N2O3/c1-10-4-6-12(20-10)9-17(2)11-5-7-14(16)13(8-11)15(18)19-3/h4-8H,9,16H2,1-3H3. The quantitative estimate of drug-likeness (QED) is 0.685. The molecular weight excluding hydrogens is 256 g/mol. The average Bonchev–Trinajstić information content (AvgIpc) is 2.83. The average molecular weight is 274 g/mol. The van der Waals surface area contributed by atoms with Gasteiger partial charge in [-0.3, -0.25) is 0 Å². The third-order valence-electron chi connectivity index (χ3n) is 3.07. The Bertz CT molecular complexity index is 619. The molecule has 0 spiro atoms. The van der Waals surface area contributed by atoms with E-state index in [1.165, 1.54) is 7.11 Å². The number of carbonyl (C=O) groups excluding carboxylic acids is 1. The number of aryl methyl sites for hydroxylation is 1. The molecule has 2 aromatic rings. The first-order valence-electron chi connectivity index (χ1n) is 6.25. The highest BCUT2D eigenvalue weighted by Gasteiger charge is 2.13. The van der Waals surface area contributed by atoms with Crippen molar-refractivity contribution in [1.29, 1.82) is 0 Å². The van der Waals surface area contributed by atoms with Gasteiger partial charge in [-0.05, 0) is 37.3 Å². The van der Waals surface area contributed by atoms with E-state index in [2.05, 4.69) is 0 Å². The van der Waals surface area contributed by atoms with E-state index >= 15 is 0 Å². The molecule has 0 radical (unpaired) electrons. The molecule has 5 nitrogen and oxygen atoms in total. The van der Waals surface area contributed by atoms with Gasteiger partial charge in [0.15, 0.2) is 0 Å². The molecule has 2 rings (SSSR count). The summed E-state index contributed by atoms with van der Waals surface area (Å²) >= 11 is 0. The number of anilines is 2. The summed E-state index contributed by atoms with van der Waals surface area (Å²) in [6, 6.07) is 9.14. The lowest BCUT2D eigenvalue weighted by Gasteiger charge is -2.19. The Balaban J connectivity index is 2.21. The van der Waals surface area contributed by atoms with Gasteiger partial charge in [0.25, 0.3) is 0 Å². The van der Waals surface area contributed by atoms with Crippen molar-refractivity contribution in [2.75, 3.05) is 24.8 Å². The number of nitrogen functional groups attached to an aromatic ring is 1. The zero-order valence-corrected chi connectivity index (χ0v) is 11.8. The van der Waals surface area contributed by atoms with Gasteiger partial charge in [-0.1, -0.05) is 0 Å². The normalized spacial score (nSPS) is 10.3. The van der Waals surface area contributed by atoms with Crippen LogP contribution in [0.25, 0.3) is 0 Å². The molecule has 0 aliphatic rings. The zero-order chi connectivity index (χ0) is 14.7. The number of ether oxygens (including phenoxy) is 1. The van der Waals surface area contributed by atoms with Crippen LogP contribution in [0.15, 0.2) is 34.7 Å². The van der Waals surface area contributed by atoms with Crippen molar-refractivity contribution < 1.29 is 13.9 Å². The van der Waals surface area contributed by atoms with Crippen molar-refractivity contribution in [1.82, 2.24) is 0 Å². The Morgan fingerprint density at radius 1 is 1.35 bits per heavy atom. The van der Waals surface area contributed by atoms with Crippen molar-refractivity contribution >= 4 is 17.3 Å². The van der Waals surface area contributed by atoms with Crippen LogP contribution in [0.2, 0.25) is 0 Å². The summed E-state index contributed by atoms with van der Waals surface area (Å²) in [4.78, 5) is 13.6. The molecule has 0 saturated heterocycles. The minimum Gasteiger partial charge on any atom is -0.465 e. The lowest BCUT2D eigenvalue weighted by Crippen LogP contribution is -2.17. The Kier molecular flexibility index (Phi) is 3.98. The topological polar surface area (TPSA) is 68.7 Å². The predicted octanol–water partition coefficient (Wildman–Crippen LogP) is 2.59. The number of furan rings is 1. The van der Waals surface area contributed by atoms with Crippen LogP contribution in [0, 0.1) is 6.92 Å². The van der Waals surface area contributed by atoms with Crippen molar-refractivity contribution in [3.05, 3.63) is 47.4 Å². The highest BCUT2D eigenvalue weighted by Crippen LogP contribution is 2.23. The van der Waals surface area contributed by atoms with E-state index in [9.17, 15) is 4.79 Å². The van der Waals surface area contributed by atoms with E-state index in [1.807, 2.05) is 37.1 Å². The van der Waals surface area contributed by atoms with Crippen LogP contribution in [0.1, 0.15) is 21.9 Å². The van der Waals surface area contributed by atoms with Gasteiger partial charge in [0, 0.05) is 18.4 Å². The Hall–Kier alpha value is -2.43. The highest BCUT2D eigenvalue weighted by molar-refractivity contribution is 5.96. The number of hydrogen-bond acceptors (Lipinski definition) is 5. The van der Waals surface area contributed by atoms with Crippen LogP contribution in [0.4, 0.5) is 11.4 Å². The predicted molar refractivity (Wildman–Crippen MR) is 77.7 cm³/mol. The van der Waals surface area contributed by atoms with E-state index in [1.54, 1.807) is 12.1 Å². The first kappa shape index (κ1) is 14.0. The summed E-state index contributed by atoms with van der Waals surface area (Å²) in [5, 5.41) is 0. The molecule has 0 aliphatic heterocycles. The van der Waals surface area contributed by atoms with Crippen LogP contribution in [0.3, 0.4) is 0 Å². The van der Waals surface area contributed by atoms with Crippen LogP contribution in [-0.2, 0) is 11.3 Å². The molecule has 5 heteroatoms. The number of nitrogens with zero attached hydrogens (tertiary/aromatic N) is 1. The Labute approximate surface area is 117 Å². The fourth-order valence-corrected chi connectivity index (χ4v) is 1.96. The summed E-state index contributed by atoms with van der Waals surface area (Å²) in [7, 11) is 3.26. The first-order chi connectivity index (χ1) is 9.51. The van der Waals surface area contributed by atoms with E-state index in [4.69, 9.17) is 14.9 Å². The minimum atomic E-state index is -0.438. The summed E-state index contributed by atoms with van der Waals surface area (Å²) in [5.41, 5.74) is 7.43. The second kappa shape index (κ2) is 5.69. The molecule has 0 aliphatic carbocycles. The van der Waals surface area contributed by atoms with Crippen molar-refractivity contribution in [3.63, 3.8) is 0 Å². The lowest BCUT2D eigenvalue weighted by atomic mass is 10.1. The van der Waals surface area contributed by atoms with Gasteiger partial charge in [-0.15, -0.1) is 0 Å². The number of nitrogens with two attached hydrogens (primary N) is 1. The van der Waals surface area contributed by atoms with E-state index in [0.717, 1.165) is 17.2 Å². The summed E-state index contributed by atoms with van der Waals surface area (Å²) < 4.78 is 10.3. The molecule has 106 valence electrons. The SMILES string of the molecule is COC(=O)c1cc(N(C)Cc2ccc(C)o2)ccc1N. The molecule has 1 aromatic carbocycles. The number of hydrogen-bond donors (Lipinski definition) is 1. The molecule has 0 saturated carbocycles. The largest absolute Gasteiger partial charge is 0.465 e. The first-order valence-corrected chi connectivity index (χ1v) is 6.25. The van der Waals surface area contributed by atoms with Gasteiger partial charge in [0.2, 0.25) is 0 Å². The van der Waals surface area contributed by atoms with Gasteiger partial charge < -0.3 is 19.8 Å². The third-order valence-corrected chi connectivity index (χ3v) is 3.07. The number of carbonyl (C=O) groups is 1. The molecule has 0 unspecified atom stereocenters. The van der Waals surface area contributed by atoms with Crippen molar-refractivity contribution in [2.24, 2.45) is 0 Å². The van der Waals surface area contributed by atoms with Gasteiger partial charge in [-0.25, -0.2) is 4.79 Å². The van der Waals surface area contributed by atoms with Gasteiger partial charge in [-0.2, -0.15) is 0 Å². The number of rotatable bonds is 4. The summed E-state index contributed by atoms with van der Waals surface area (Å²) in [5.74, 6) is 1.30. The van der Waals surface area contributed by atoms with Crippen LogP contribution in [0.5, 0.6) is 0 Å². The number of benzene rings is 1. The molecule has 0 atom stereocenters. The Morgan fingerprint density at radius 3 is 2.70 bits per heavy atom. The van der Waals surface area contributed by atoms with E-state index < -0.39 is 5.97 Å². The maximum Gasteiger partial charge on any atom is 0.340 e. The molecule has 1 aromatic heterocycles. The molecule has 0 bridgehead atoms. The van der Waals surface area contributed by atoms with Gasteiger partial charge >= 0.3 is 5.97 Å². The smallest absolute Gasteiger partial charge is 0.340 e. The highest BCUT2D eigenvalue weighted by atomic mass is 16.5. The van der Waals surface area contributed by atoms with Crippen LogP contribution >= 0.6 is 0 Å². The molecule has 1 heterocycles. The van der Waals surface area contributed by atoms with Crippen molar-refractivity contribution in [3.8, 4) is 0 Å². The molecule has 20 heavy (non-hydrogen) atoms. The second-order valence-electron chi connectivity index (χ2n) is 4.63. The van der Waals surface area contributed by atoms with E-state index in [-0.39, 0.29) is 0 Å². The summed E-state index contributed by atoms with van der Waals surface area (Å²) in [6.45, 7) is 2.51. The third kappa shape index (κ3) is 2.93. The van der Waals surface area contributed by atoms with Crippen molar-refractivity contribution in [2.45, 2.75) is 13.5 Å². The molecular formula is C15H18N2O3. The second-order valence-corrected chi connectivity index (χ2v) is 4.63. The lowest BCUT2D eigenvalue weighted by molar-refractivity contribution is 0.0602. The minimum absolute atomic E-state index is 0.368. The maximum atomic E-state index is 11.6.